The lowest BCUT2D eigenvalue weighted by Gasteiger charge is -2.18. The zero-order valence-corrected chi connectivity index (χ0v) is 14.2. The van der Waals surface area contributed by atoms with Crippen molar-refractivity contribution in [2.75, 3.05) is 6.61 Å². The van der Waals surface area contributed by atoms with Crippen LogP contribution in [0.25, 0.3) is 11.0 Å². The average molecular weight is 323 g/mol. The SMILES string of the molecule is CC(C)(C)c1ccc(OC[C@@H]2Cn3c(nc4ccccc43)O2)cn1. The Bertz CT molecular complexity index is 862. The van der Waals surface area contributed by atoms with Crippen LogP contribution in [-0.2, 0) is 12.0 Å². The Morgan fingerprint density at radius 2 is 2.04 bits per heavy atom. The molecule has 5 heteroatoms. The van der Waals surface area contributed by atoms with Crippen molar-refractivity contribution < 1.29 is 9.47 Å². The largest absolute Gasteiger partial charge is 0.488 e. The molecule has 0 amide bonds. The minimum Gasteiger partial charge on any atom is -0.488 e. The Kier molecular flexibility index (Phi) is 3.44. The second-order valence-electron chi connectivity index (χ2n) is 7.17. The molecule has 0 saturated heterocycles. The lowest BCUT2D eigenvalue weighted by atomic mass is 9.92. The average Bonchev–Trinajstić information content (AvgIpc) is 3.10. The number of rotatable bonds is 3. The molecule has 3 aromatic rings. The molecular weight excluding hydrogens is 302 g/mol. The highest BCUT2D eigenvalue weighted by atomic mass is 16.6. The molecule has 0 fully saturated rings. The summed E-state index contributed by atoms with van der Waals surface area (Å²) in [5, 5.41) is 0. The first kappa shape index (κ1) is 15.0. The highest BCUT2D eigenvalue weighted by Gasteiger charge is 2.26. The summed E-state index contributed by atoms with van der Waals surface area (Å²) in [6.45, 7) is 7.67. The first-order valence-corrected chi connectivity index (χ1v) is 8.22. The fourth-order valence-corrected chi connectivity index (χ4v) is 2.90. The third-order valence-electron chi connectivity index (χ3n) is 4.22. The molecule has 0 saturated carbocycles. The van der Waals surface area contributed by atoms with Crippen LogP contribution in [0.3, 0.4) is 0 Å². The summed E-state index contributed by atoms with van der Waals surface area (Å²) in [5.41, 5.74) is 3.17. The van der Waals surface area contributed by atoms with Crippen LogP contribution in [-0.4, -0.2) is 27.2 Å². The molecule has 0 spiro atoms. The monoisotopic (exact) mass is 323 g/mol. The van der Waals surface area contributed by atoms with E-state index in [-0.39, 0.29) is 11.5 Å². The van der Waals surface area contributed by atoms with Crippen molar-refractivity contribution in [2.24, 2.45) is 0 Å². The van der Waals surface area contributed by atoms with E-state index in [1.165, 1.54) is 0 Å². The van der Waals surface area contributed by atoms with Gasteiger partial charge in [0, 0.05) is 11.1 Å². The topological polar surface area (TPSA) is 49.2 Å². The van der Waals surface area contributed by atoms with E-state index >= 15 is 0 Å². The maximum absolute atomic E-state index is 5.90. The standard InChI is InChI=1S/C19H21N3O2/c1-19(2,3)17-9-8-13(10-20-17)23-12-14-11-22-16-7-5-4-6-15(16)21-18(22)24-14/h4-10,14H,11-12H2,1-3H3/t14-/m0/s1. The maximum atomic E-state index is 5.90. The van der Waals surface area contributed by atoms with E-state index in [1.807, 2.05) is 30.3 Å². The smallest absolute Gasteiger partial charge is 0.297 e. The summed E-state index contributed by atoms with van der Waals surface area (Å²) in [6.07, 6.45) is 1.75. The van der Waals surface area contributed by atoms with E-state index in [0.29, 0.717) is 12.6 Å². The van der Waals surface area contributed by atoms with Gasteiger partial charge >= 0.3 is 0 Å². The Labute approximate surface area is 141 Å². The Morgan fingerprint density at radius 3 is 2.79 bits per heavy atom. The maximum Gasteiger partial charge on any atom is 0.297 e. The number of ether oxygens (including phenoxy) is 2. The van der Waals surface area contributed by atoms with Gasteiger partial charge in [0.1, 0.15) is 12.4 Å². The van der Waals surface area contributed by atoms with Gasteiger partial charge in [0.2, 0.25) is 0 Å². The van der Waals surface area contributed by atoms with Crippen LogP contribution in [0.1, 0.15) is 26.5 Å². The lowest BCUT2D eigenvalue weighted by Crippen LogP contribution is -2.23. The van der Waals surface area contributed by atoms with Crippen molar-refractivity contribution in [3.63, 3.8) is 0 Å². The van der Waals surface area contributed by atoms with Gasteiger partial charge in [0.15, 0.2) is 6.10 Å². The summed E-state index contributed by atoms with van der Waals surface area (Å²) in [5.74, 6) is 0.765. The molecule has 0 unspecified atom stereocenters. The van der Waals surface area contributed by atoms with Crippen LogP contribution in [0.2, 0.25) is 0 Å². The van der Waals surface area contributed by atoms with E-state index in [1.54, 1.807) is 6.20 Å². The van der Waals surface area contributed by atoms with Crippen molar-refractivity contribution in [3.8, 4) is 11.8 Å². The van der Waals surface area contributed by atoms with Crippen molar-refractivity contribution in [3.05, 3.63) is 48.3 Å². The summed E-state index contributed by atoms with van der Waals surface area (Å²) in [7, 11) is 0. The molecule has 0 radical (unpaired) electrons. The number of aromatic nitrogens is 3. The highest BCUT2D eigenvalue weighted by Crippen LogP contribution is 2.28. The lowest BCUT2D eigenvalue weighted by molar-refractivity contribution is 0.143. The molecular formula is C19H21N3O2. The number of fused-ring (bicyclic) bond motifs is 3. The van der Waals surface area contributed by atoms with Gasteiger partial charge in [-0.15, -0.1) is 0 Å². The molecule has 1 aliphatic rings. The van der Waals surface area contributed by atoms with Gasteiger partial charge < -0.3 is 9.47 Å². The number of hydrogen-bond donors (Lipinski definition) is 0. The van der Waals surface area contributed by atoms with Gasteiger partial charge in [0.25, 0.3) is 6.01 Å². The molecule has 1 aliphatic heterocycles. The molecule has 2 aromatic heterocycles. The van der Waals surface area contributed by atoms with E-state index in [9.17, 15) is 0 Å². The first-order chi connectivity index (χ1) is 11.5. The summed E-state index contributed by atoms with van der Waals surface area (Å²) in [6, 6.07) is 12.7. The number of nitrogens with zero attached hydrogens (tertiary/aromatic N) is 3. The third-order valence-corrected chi connectivity index (χ3v) is 4.22. The Balaban J connectivity index is 1.40. The van der Waals surface area contributed by atoms with Gasteiger partial charge in [-0.05, 0) is 24.3 Å². The highest BCUT2D eigenvalue weighted by molar-refractivity contribution is 5.76. The summed E-state index contributed by atoms with van der Waals surface area (Å²) >= 11 is 0. The van der Waals surface area contributed by atoms with Crippen LogP contribution >= 0.6 is 0 Å². The van der Waals surface area contributed by atoms with Gasteiger partial charge in [0.05, 0.1) is 23.8 Å². The van der Waals surface area contributed by atoms with Gasteiger partial charge in [-0.2, -0.15) is 4.98 Å². The van der Waals surface area contributed by atoms with Crippen LogP contribution in [0.5, 0.6) is 11.8 Å². The Hall–Kier alpha value is -2.56. The molecule has 5 nitrogen and oxygen atoms in total. The third kappa shape index (κ3) is 2.70. The molecule has 3 heterocycles. The minimum atomic E-state index is -0.0283. The molecule has 0 N–H and O–H groups in total. The van der Waals surface area contributed by atoms with Crippen molar-refractivity contribution in [1.82, 2.24) is 14.5 Å². The number of hydrogen-bond acceptors (Lipinski definition) is 4. The van der Waals surface area contributed by atoms with Crippen LogP contribution in [0.4, 0.5) is 0 Å². The zero-order chi connectivity index (χ0) is 16.7. The first-order valence-electron chi connectivity index (χ1n) is 8.22. The van der Waals surface area contributed by atoms with Crippen LogP contribution in [0, 0.1) is 0 Å². The van der Waals surface area contributed by atoms with Gasteiger partial charge in [-0.25, -0.2) is 0 Å². The number of para-hydroxylation sites is 2. The second kappa shape index (κ2) is 5.51. The summed E-state index contributed by atoms with van der Waals surface area (Å²) in [4.78, 5) is 8.99. The van der Waals surface area contributed by atoms with Crippen LogP contribution in [0.15, 0.2) is 42.6 Å². The fraction of sp³-hybridized carbons (Fsp3) is 0.368. The van der Waals surface area contributed by atoms with E-state index in [2.05, 4.69) is 41.4 Å². The molecule has 0 aliphatic carbocycles. The van der Waals surface area contributed by atoms with E-state index in [0.717, 1.165) is 29.0 Å². The second-order valence-corrected chi connectivity index (χ2v) is 7.17. The fourth-order valence-electron chi connectivity index (χ4n) is 2.90. The molecule has 124 valence electrons. The molecule has 0 bridgehead atoms. The number of imidazole rings is 1. The molecule has 1 aromatic carbocycles. The minimum absolute atomic E-state index is 0.0283. The number of benzene rings is 1. The predicted molar refractivity (Wildman–Crippen MR) is 92.6 cm³/mol. The Morgan fingerprint density at radius 1 is 1.21 bits per heavy atom. The quantitative estimate of drug-likeness (QED) is 0.739. The van der Waals surface area contributed by atoms with Crippen molar-refractivity contribution >= 4 is 11.0 Å². The predicted octanol–water partition coefficient (Wildman–Crippen LogP) is 3.57. The van der Waals surface area contributed by atoms with E-state index in [4.69, 9.17) is 9.47 Å². The van der Waals surface area contributed by atoms with Crippen LogP contribution < -0.4 is 9.47 Å². The summed E-state index contributed by atoms with van der Waals surface area (Å²) < 4.78 is 13.8. The number of pyridine rings is 1. The van der Waals surface area contributed by atoms with Crippen molar-refractivity contribution in [2.45, 2.75) is 38.8 Å². The molecule has 1 atom stereocenters. The van der Waals surface area contributed by atoms with E-state index < -0.39 is 0 Å². The van der Waals surface area contributed by atoms with Crippen molar-refractivity contribution in [1.29, 1.82) is 0 Å². The normalized spacial score (nSPS) is 16.9. The van der Waals surface area contributed by atoms with Gasteiger partial charge in [-0.3, -0.25) is 9.55 Å². The zero-order valence-electron chi connectivity index (χ0n) is 14.2. The van der Waals surface area contributed by atoms with Gasteiger partial charge in [-0.1, -0.05) is 32.9 Å². The molecule has 4 rings (SSSR count). The molecule has 24 heavy (non-hydrogen) atoms.